The molecule has 4 aromatic heterocycles. The Morgan fingerprint density at radius 1 is 0.278 bits per heavy atom. The molecule has 6 nitrogen and oxygen atoms in total. The molecule has 0 aliphatic rings. The quantitative estimate of drug-likeness (QED) is 0.166. The molecular formula is C66H50N2O4. The van der Waals surface area contributed by atoms with E-state index in [0.29, 0.717) is 0 Å². The second-order valence-corrected chi connectivity index (χ2v) is 21.3. The molecule has 0 atom stereocenters. The van der Waals surface area contributed by atoms with E-state index in [-0.39, 0.29) is 10.8 Å². The fraction of sp³-hybridized carbons (Fsp3) is 0.121. The molecule has 0 spiro atoms. The number of nitrogens with zero attached hydrogens (tertiary/aromatic N) is 2. The monoisotopic (exact) mass is 934 g/mol. The molecule has 0 fully saturated rings. The van der Waals surface area contributed by atoms with Crippen LogP contribution in [0.3, 0.4) is 0 Å². The zero-order valence-corrected chi connectivity index (χ0v) is 41.0. The predicted molar refractivity (Wildman–Crippen MR) is 300 cm³/mol. The fourth-order valence-electron chi connectivity index (χ4n) is 11.2. The van der Waals surface area contributed by atoms with Gasteiger partial charge >= 0.3 is 0 Å². The summed E-state index contributed by atoms with van der Waals surface area (Å²) in [5.41, 5.74) is 14.4. The Morgan fingerprint density at radius 3 is 1.21 bits per heavy atom. The van der Waals surface area contributed by atoms with Gasteiger partial charge in [-0.15, -0.1) is 0 Å². The lowest BCUT2D eigenvalue weighted by atomic mass is 9.87. The first-order valence-corrected chi connectivity index (χ1v) is 24.8. The van der Waals surface area contributed by atoms with Crippen molar-refractivity contribution in [2.24, 2.45) is 0 Å². The number of benzene rings is 10. The summed E-state index contributed by atoms with van der Waals surface area (Å²) in [6.45, 7) is 13.5. The molecule has 0 aliphatic heterocycles. The number of fused-ring (bicyclic) bond motifs is 15. The predicted octanol–water partition coefficient (Wildman–Crippen LogP) is 20.0. The van der Waals surface area contributed by atoms with E-state index < -0.39 is 0 Å². The molecule has 0 bridgehead atoms. The van der Waals surface area contributed by atoms with E-state index in [4.69, 9.17) is 17.7 Å². The molecule has 0 saturated heterocycles. The number of anilines is 6. The molecule has 0 radical (unpaired) electrons. The lowest BCUT2D eigenvalue weighted by molar-refractivity contribution is 0.590. The Kier molecular flexibility index (Phi) is 9.01. The van der Waals surface area contributed by atoms with Crippen molar-refractivity contribution in [3.8, 4) is 0 Å². The number of hydrogen-bond donors (Lipinski definition) is 0. The van der Waals surface area contributed by atoms with E-state index in [2.05, 4.69) is 215 Å². The summed E-state index contributed by atoms with van der Waals surface area (Å²) in [5, 5.41) is 10.4. The van der Waals surface area contributed by atoms with Crippen LogP contribution in [-0.2, 0) is 10.8 Å². The minimum atomic E-state index is -0.0348. The maximum absolute atomic E-state index is 7.37. The van der Waals surface area contributed by atoms with Crippen molar-refractivity contribution in [1.82, 2.24) is 0 Å². The van der Waals surface area contributed by atoms with Crippen molar-refractivity contribution < 1.29 is 17.7 Å². The molecule has 10 aromatic carbocycles. The summed E-state index contributed by atoms with van der Waals surface area (Å²) in [4.78, 5) is 4.63. The van der Waals surface area contributed by atoms with Crippen LogP contribution in [0.4, 0.5) is 34.1 Å². The van der Waals surface area contributed by atoms with Crippen molar-refractivity contribution in [2.75, 3.05) is 9.80 Å². The minimum Gasteiger partial charge on any atom is -0.456 e. The SMILES string of the molecule is CC(C)(C)c1ccc(N(c2cc3oc4cc(N(c5ccc(C(C)(C)C)cc5)c5cccc6c5oc5ccccc56)c5oc6ccccc6c5c4c3c3ccccc23)c2cccc3c2oc2ccccc23)cc1. The van der Waals surface area contributed by atoms with E-state index in [1.165, 1.54) is 11.1 Å². The smallest absolute Gasteiger partial charge is 0.160 e. The molecule has 0 aliphatic carbocycles. The van der Waals surface area contributed by atoms with Crippen LogP contribution in [0.15, 0.2) is 212 Å². The van der Waals surface area contributed by atoms with E-state index >= 15 is 0 Å². The van der Waals surface area contributed by atoms with E-state index in [0.717, 1.165) is 133 Å². The van der Waals surface area contributed by atoms with Crippen LogP contribution in [0.1, 0.15) is 52.7 Å². The van der Waals surface area contributed by atoms with Crippen LogP contribution in [0.25, 0.3) is 98.5 Å². The molecule has 72 heavy (non-hydrogen) atoms. The zero-order chi connectivity index (χ0) is 48.6. The minimum absolute atomic E-state index is 0.0204. The molecule has 0 saturated carbocycles. The standard InChI is InChI=1S/C66H50N2O4/c1-65(2,3)39-29-33-41(34-30-39)67(50-24-15-22-47-44-18-9-12-26-54(44)70-62(47)50)52-37-57-59(46-20-8-7-17-43(46)52)61-58(69-57)38-53(64-60(61)49-21-11-14-28-56(49)72-64)68(42-35-31-40(32-36-42)66(4,5)6)51-25-16-23-48-45-19-10-13-27-55(45)71-63(48)51/h7-38H,1-6H3. The molecular weight excluding hydrogens is 885 g/mol. The van der Waals surface area contributed by atoms with Crippen molar-refractivity contribution in [2.45, 2.75) is 52.4 Å². The third-order valence-electron chi connectivity index (χ3n) is 14.8. The van der Waals surface area contributed by atoms with Crippen molar-refractivity contribution >= 4 is 133 Å². The highest BCUT2D eigenvalue weighted by molar-refractivity contribution is 6.34. The van der Waals surface area contributed by atoms with Crippen LogP contribution >= 0.6 is 0 Å². The Labute approximate surface area is 415 Å². The topological polar surface area (TPSA) is 59.0 Å². The first kappa shape index (κ1) is 42.2. The van der Waals surface area contributed by atoms with Gasteiger partial charge in [-0.25, -0.2) is 0 Å². The van der Waals surface area contributed by atoms with Gasteiger partial charge in [-0.1, -0.05) is 169 Å². The molecule has 0 amide bonds. The van der Waals surface area contributed by atoms with Gasteiger partial charge in [0.05, 0.1) is 22.7 Å². The van der Waals surface area contributed by atoms with Gasteiger partial charge in [0, 0.05) is 72.0 Å². The van der Waals surface area contributed by atoms with Gasteiger partial charge in [0.15, 0.2) is 16.7 Å². The number of para-hydroxylation sites is 5. The molecule has 0 N–H and O–H groups in total. The second-order valence-electron chi connectivity index (χ2n) is 21.3. The Balaban J connectivity index is 1.08. The van der Waals surface area contributed by atoms with E-state index in [9.17, 15) is 0 Å². The van der Waals surface area contributed by atoms with Crippen LogP contribution in [0.2, 0.25) is 0 Å². The van der Waals surface area contributed by atoms with E-state index in [1.807, 2.05) is 30.3 Å². The highest BCUT2D eigenvalue weighted by Gasteiger charge is 2.30. The summed E-state index contributed by atoms with van der Waals surface area (Å²) in [5.74, 6) is 0. The molecule has 14 rings (SSSR count). The van der Waals surface area contributed by atoms with Crippen LogP contribution in [0.5, 0.6) is 0 Å². The van der Waals surface area contributed by atoms with Gasteiger partial charge in [0.2, 0.25) is 0 Å². The molecule has 6 heteroatoms. The van der Waals surface area contributed by atoms with Crippen molar-refractivity contribution in [1.29, 1.82) is 0 Å². The lowest BCUT2D eigenvalue weighted by Gasteiger charge is -2.28. The number of rotatable bonds is 6. The normalized spacial score (nSPS) is 12.6. The van der Waals surface area contributed by atoms with Gasteiger partial charge in [0.25, 0.3) is 0 Å². The molecule has 14 aromatic rings. The summed E-state index contributed by atoms with van der Waals surface area (Å²) >= 11 is 0. The maximum atomic E-state index is 7.37. The van der Waals surface area contributed by atoms with E-state index in [1.54, 1.807) is 0 Å². The summed E-state index contributed by atoms with van der Waals surface area (Å²) < 4.78 is 28.1. The molecule has 348 valence electrons. The zero-order valence-electron chi connectivity index (χ0n) is 41.0. The average Bonchev–Trinajstić information content (AvgIpc) is 4.17. The first-order chi connectivity index (χ1) is 35.0. The highest BCUT2D eigenvalue weighted by Crippen LogP contribution is 2.53. The van der Waals surface area contributed by atoms with Gasteiger partial charge in [-0.2, -0.15) is 0 Å². The van der Waals surface area contributed by atoms with Crippen molar-refractivity contribution in [3.05, 3.63) is 205 Å². The highest BCUT2D eigenvalue weighted by atomic mass is 16.3. The number of furan rings is 4. The summed E-state index contributed by atoms with van der Waals surface area (Å²) in [7, 11) is 0. The molecule has 0 unspecified atom stereocenters. The van der Waals surface area contributed by atoms with Crippen LogP contribution in [-0.4, -0.2) is 0 Å². The average molecular weight is 935 g/mol. The first-order valence-electron chi connectivity index (χ1n) is 24.8. The van der Waals surface area contributed by atoms with Crippen molar-refractivity contribution in [3.63, 3.8) is 0 Å². The Hall–Kier alpha value is -8.74. The lowest BCUT2D eigenvalue weighted by Crippen LogP contribution is -2.13. The third-order valence-corrected chi connectivity index (χ3v) is 14.8. The summed E-state index contributed by atoms with van der Waals surface area (Å²) in [6.07, 6.45) is 0. The van der Waals surface area contributed by atoms with Gasteiger partial charge in [-0.05, 0) is 81.9 Å². The van der Waals surface area contributed by atoms with Crippen LogP contribution in [0, 0.1) is 0 Å². The Morgan fingerprint density at radius 2 is 0.681 bits per heavy atom. The van der Waals surface area contributed by atoms with Gasteiger partial charge < -0.3 is 27.5 Å². The van der Waals surface area contributed by atoms with Gasteiger partial charge in [-0.3, -0.25) is 0 Å². The fourth-order valence-corrected chi connectivity index (χ4v) is 11.2. The second kappa shape index (κ2) is 15.4. The molecule has 4 heterocycles. The van der Waals surface area contributed by atoms with Crippen LogP contribution < -0.4 is 9.80 Å². The van der Waals surface area contributed by atoms with Gasteiger partial charge in [0.1, 0.15) is 27.9 Å². The summed E-state index contributed by atoms with van der Waals surface area (Å²) in [6, 6.07) is 68.7. The third kappa shape index (κ3) is 6.34. The number of hydrogen-bond acceptors (Lipinski definition) is 6. The largest absolute Gasteiger partial charge is 0.456 e. The maximum Gasteiger partial charge on any atom is 0.160 e. The Bertz CT molecular complexity index is 4470.